The van der Waals surface area contributed by atoms with E-state index in [1.807, 2.05) is 0 Å². The van der Waals surface area contributed by atoms with Crippen LogP contribution < -0.4 is 5.73 Å². The summed E-state index contributed by atoms with van der Waals surface area (Å²) in [6.07, 6.45) is -2.63. The molecular formula is C15H21F4NO2. The zero-order chi connectivity index (χ0) is 17.3. The molecule has 0 heterocycles. The molecule has 0 amide bonds. The van der Waals surface area contributed by atoms with E-state index in [2.05, 4.69) is 0 Å². The fourth-order valence-electron chi connectivity index (χ4n) is 2.54. The third kappa shape index (κ3) is 3.88. The Morgan fingerprint density at radius 2 is 1.91 bits per heavy atom. The van der Waals surface area contributed by atoms with Gasteiger partial charge in [0.15, 0.2) is 0 Å². The summed E-state index contributed by atoms with van der Waals surface area (Å²) in [5, 5.41) is 0. The smallest absolute Gasteiger partial charge is 0.396 e. The van der Waals surface area contributed by atoms with Crippen LogP contribution >= 0.6 is 0 Å². The first-order valence-electron chi connectivity index (χ1n) is 6.99. The van der Waals surface area contributed by atoms with Crippen molar-refractivity contribution < 1.29 is 27.1 Å². The molecular weight excluding hydrogens is 302 g/mol. The summed E-state index contributed by atoms with van der Waals surface area (Å²) >= 11 is 0. The predicted molar refractivity (Wildman–Crippen MR) is 74.4 cm³/mol. The Bertz CT molecular complexity index is 484. The number of rotatable bonds is 4. The first-order valence-corrected chi connectivity index (χ1v) is 6.99. The first-order chi connectivity index (χ1) is 9.89. The summed E-state index contributed by atoms with van der Waals surface area (Å²) in [5.74, 6) is -4.29. The summed E-state index contributed by atoms with van der Waals surface area (Å²) in [6, 6.07) is -0.861. The zero-order valence-corrected chi connectivity index (χ0v) is 12.9. The molecule has 5 atom stereocenters. The minimum absolute atomic E-state index is 0.566. The van der Waals surface area contributed by atoms with E-state index in [-0.39, 0.29) is 0 Å². The Kier molecular flexibility index (Phi) is 5.43. The Morgan fingerprint density at radius 3 is 2.36 bits per heavy atom. The van der Waals surface area contributed by atoms with Gasteiger partial charge in [-0.05, 0) is 26.0 Å². The lowest BCUT2D eigenvalue weighted by molar-refractivity contribution is -0.195. The summed E-state index contributed by atoms with van der Waals surface area (Å²) in [7, 11) is 0. The van der Waals surface area contributed by atoms with Crippen LogP contribution in [0.5, 0.6) is 0 Å². The van der Waals surface area contributed by atoms with Gasteiger partial charge in [-0.25, -0.2) is 4.39 Å². The lowest BCUT2D eigenvalue weighted by Gasteiger charge is -2.43. The van der Waals surface area contributed by atoms with Crippen molar-refractivity contribution in [3.05, 3.63) is 24.1 Å². The maximum absolute atomic E-state index is 13.3. The number of carbonyl (C=O) groups excluding carboxylic acids is 1. The molecule has 126 valence electrons. The van der Waals surface area contributed by atoms with Gasteiger partial charge < -0.3 is 10.5 Å². The van der Waals surface area contributed by atoms with Gasteiger partial charge in [-0.15, -0.1) is 0 Å². The predicted octanol–water partition coefficient (Wildman–Crippen LogP) is 3.51. The van der Waals surface area contributed by atoms with E-state index in [1.54, 1.807) is 6.92 Å². The van der Waals surface area contributed by atoms with E-state index >= 15 is 0 Å². The van der Waals surface area contributed by atoms with Crippen molar-refractivity contribution in [2.75, 3.05) is 0 Å². The van der Waals surface area contributed by atoms with Gasteiger partial charge in [0, 0.05) is 11.3 Å². The highest BCUT2D eigenvalue weighted by molar-refractivity contribution is 5.75. The molecule has 0 aromatic heterocycles. The molecule has 0 aliphatic heterocycles. The minimum atomic E-state index is -4.60. The monoisotopic (exact) mass is 323 g/mol. The van der Waals surface area contributed by atoms with Crippen LogP contribution in [0, 0.1) is 17.3 Å². The highest BCUT2D eigenvalue weighted by atomic mass is 19.4. The summed E-state index contributed by atoms with van der Waals surface area (Å²) in [5.41, 5.74) is 3.96. The van der Waals surface area contributed by atoms with Crippen molar-refractivity contribution in [2.24, 2.45) is 23.0 Å². The van der Waals surface area contributed by atoms with E-state index in [1.165, 1.54) is 26.8 Å². The molecule has 0 aromatic rings. The van der Waals surface area contributed by atoms with Gasteiger partial charge >= 0.3 is 12.1 Å². The van der Waals surface area contributed by atoms with E-state index in [0.29, 0.717) is 6.08 Å². The molecule has 0 saturated heterocycles. The SMILES string of the molecule is C[C@H](N)C(=O)O[C@H](C)[C@H](C)C1(C)C=CC(F)=CC1C(F)(F)F. The van der Waals surface area contributed by atoms with Gasteiger partial charge in [0.25, 0.3) is 0 Å². The third-order valence-corrected chi connectivity index (χ3v) is 4.31. The number of ether oxygens (including phenoxy) is 1. The molecule has 0 spiro atoms. The maximum atomic E-state index is 13.3. The van der Waals surface area contributed by atoms with Crippen LogP contribution in [0.1, 0.15) is 27.7 Å². The molecule has 0 radical (unpaired) electrons. The quantitative estimate of drug-likeness (QED) is 0.636. The van der Waals surface area contributed by atoms with E-state index in [4.69, 9.17) is 10.5 Å². The van der Waals surface area contributed by atoms with Crippen LogP contribution in [0.3, 0.4) is 0 Å². The molecule has 7 heteroatoms. The maximum Gasteiger partial charge on any atom is 0.396 e. The second kappa shape index (κ2) is 6.40. The van der Waals surface area contributed by atoms with Crippen molar-refractivity contribution in [3.63, 3.8) is 0 Å². The van der Waals surface area contributed by atoms with E-state index < -0.39 is 47.4 Å². The van der Waals surface area contributed by atoms with Gasteiger partial charge in [0.05, 0.1) is 5.92 Å². The average Bonchev–Trinajstić information content (AvgIpc) is 2.39. The van der Waals surface area contributed by atoms with Gasteiger partial charge in [0.1, 0.15) is 18.0 Å². The van der Waals surface area contributed by atoms with Gasteiger partial charge in [-0.3, -0.25) is 4.79 Å². The number of alkyl halides is 3. The topological polar surface area (TPSA) is 52.3 Å². The number of nitrogens with two attached hydrogens (primary N) is 1. The van der Waals surface area contributed by atoms with Crippen LogP contribution in [-0.4, -0.2) is 24.3 Å². The molecule has 2 N–H and O–H groups in total. The van der Waals surface area contributed by atoms with Crippen LogP contribution in [-0.2, 0) is 9.53 Å². The lowest BCUT2D eigenvalue weighted by atomic mass is 9.64. The van der Waals surface area contributed by atoms with Crippen molar-refractivity contribution in [1.82, 2.24) is 0 Å². The highest BCUT2D eigenvalue weighted by Crippen LogP contribution is 2.50. The van der Waals surface area contributed by atoms with E-state index in [0.717, 1.165) is 6.08 Å². The molecule has 0 bridgehead atoms. The number of hydrogen-bond donors (Lipinski definition) is 1. The van der Waals surface area contributed by atoms with Crippen LogP contribution in [0.15, 0.2) is 24.1 Å². The second-order valence-corrected chi connectivity index (χ2v) is 5.99. The molecule has 2 unspecified atom stereocenters. The first kappa shape index (κ1) is 18.7. The van der Waals surface area contributed by atoms with Crippen molar-refractivity contribution in [1.29, 1.82) is 0 Å². The standard InChI is InChI=1S/C15H21F4NO2/c1-8(10(3)22-13(21)9(2)20)14(4)6-5-11(16)7-12(14)15(17,18)19/h5-10,12H,20H2,1-4H3/t8-,9-,10+,12?,14?/m0/s1. The normalized spacial score (nSPS) is 29.5. The molecule has 1 aliphatic carbocycles. The molecule has 0 fully saturated rings. The molecule has 0 aromatic carbocycles. The minimum Gasteiger partial charge on any atom is -0.461 e. The number of halogens is 4. The molecule has 22 heavy (non-hydrogen) atoms. The zero-order valence-electron chi connectivity index (χ0n) is 12.9. The Morgan fingerprint density at radius 1 is 1.36 bits per heavy atom. The van der Waals surface area contributed by atoms with E-state index in [9.17, 15) is 22.4 Å². The highest BCUT2D eigenvalue weighted by Gasteiger charge is 2.53. The van der Waals surface area contributed by atoms with Crippen molar-refractivity contribution in [2.45, 2.75) is 46.0 Å². The Labute approximate surface area is 127 Å². The van der Waals surface area contributed by atoms with Crippen LogP contribution in [0.4, 0.5) is 17.6 Å². The molecule has 3 nitrogen and oxygen atoms in total. The molecule has 1 rings (SSSR count). The molecule has 1 aliphatic rings. The fourth-order valence-corrected chi connectivity index (χ4v) is 2.54. The number of allylic oxidation sites excluding steroid dienone is 4. The molecule has 0 saturated carbocycles. The lowest BCUT2D eigenvalue weighted by Crippen LogP contribution is -2.46. The Balaban J connectivity index is 3.05. The van der Waals surface area contributed by atoms with Gasteiger partial charge in [-0.1, -0.05) is 19.9 Å². The van der Waals surface area contributed by atoms with Crippen molar-refractivity contribution in [3.8, 4) is 0 Å². The summed E-state index contributed by atoms with van der Waals surface area (Å²) < 4.78 is 58.1. The third-order valence-electron chi connectivity index (χ3n) is 4.31. The second-order valence-electron chi connectivity index (χ2n) is 5.99. The van der Waals surface area contributed by atoms with Crippen LogP contribution in [0.25, 0.3) is 0 Å². The number of esters is 1. The number of hydrogen-bond acceptors (Lipinski definition) is 3. The Hall–Kier alpha value is -1.37. The van der Waals surface area contributed by atoms with Gasteiger partial charge in [-0.2, -0.15) is 13.2 Å². The summed E-state index contributed by atoms with van der Waals surface area (Å²) in [4.78, 5) is 11.5. The number of carbonyl (C=O) groups is 1. The summed E-state index contributed by atoms with van der Waals surface area (Å²) in [6.45, 7) is 5.86. The van der Waals surface area contributed by atoms with Crippen LogP contribution in [0.2, 0.25) is 0 Å². The van der Waals surface area contributed by atoms with Gasteiger partial charge in [0.2, 0.25) is 0 Å². The van der Waals surface area contributed by atoms with Crippen molar-refractivity contribution >= 4 is 5.97 Å². The largest absolute Gasteiger partial charge is 0.461 e. The fraction of sp³-hybridized carbons (Fsp3) is 0.667. The average molecular weight is 323 g/mol.